The van der Waals surface area contributed by atoms with Crippen molar-refractivity contribution in [2.24, 2.45) is 0 Å². The van der Waals surface area contributed by atoms with E-state index in [1.165, 1.54) is 168 Å². The highest BCUT2D eigenvalue weighted by Crippen LogP contribution is 2.58. The maximum absolute atomic E-state index is 2.74. The predicted molar refractivity (Wildman–Crippen MR) is 363 cm³/mol. The Morgan fingerprint density at radius 2 is 0.583 bits per heavy atom. The van der Waals surface area contributed by atoms with E-state index >= 15 is 0 Å². The molecule has 2 unspecified atom stereocenters. The highest BCUT2D eigenvalue weighted by molar-refractivity contribution is 6.14. The van der Waals surface area contributed by atoms with E-state index in [0.717, 1.165) is 11.4 Å². The summed E-state index contributed by atoms with van der Waals surface area (Å²) in [5.74, 6) is -0.0958. The lowest BCUT2D eigenvalue weighted by Gasteiger charge is -2.46. The van der Waals surface area contributed by atoms with Crippen molar-refractivity contribution in [2.75, 3.05) is 19.6 Å². The van der Waals surface area contributed by atoms with Crippen molar-refractivity contribution in [2.45, 2.75) is 123 Å². The Balaban J connectivity index is 1.33. The summed E-state index contributed by atoms with van der Waals surface area (Å²) in [5, 5.41) is 2.49. The molecule has 2 aliphatic carbocycles. The van der Waals surface area contributed by atoms with E-state index in [4.69, 9.17) is 0 Å². The van der Waals surface area contributed by atoms with Crippen molar-refractivity contribution in [3.05, 3.63) is 282 Å². The van der Waals surface area contributed by atoms with Gasteiger partial charge in [0.2, 0.25) is 0 Å². The van der Waals surface area contributed by atoms with Crippen molar-refractivity contribution in [1.29, 1.82) is 0 Å². The minimum Gasteiger partial charge on any atom is -0.333 e. The summed E-state index contributed by atoms with van der Waals surface area (Å²) in [6, 6.07) is 61.8. The van der Waals surface area contributed by atoms with Gasteiger partial charge in [-0.1, -0.05) is 170 Å². The van der Waals surface area contributed by atoms with Gasteiger partial charge >= 0.3 is 0 Å². The van der Waals surface area contributed by atoms with E-state index in [9.17, 15) is 0 Å². The van der Waals surface area contributed by atoms with E-state index in [1.807, 2.05) is 0 Å². The van der Waals surface area contributed by atoms with Gasteiger partial charge in [0.15, 0.2) is 0 Å². The second-order valence-corrected chi connectivity index (χ2v) is 24.5. The van der Waals surface area contributed by atoms with Crippen LogP contribution in [0.2, 0.25) is 0 Å². The first kappa shape index (κ1) is 55.7. The molecule has 0 spiro atoms. The summed E-state index contributed by atoms with van der Waals surface area (Å²) in [4.78, 5) is 10.7. The summed E-state index contributed by atoms with van der Waals surface area (Å²) in [6.07, 6.45) is 7.77. The largest absolute Gasteiger partial charge is 0.333 e. The third kappa shape index (κ3) is 9.04. The Labute approximate surface area is 500 Å². The molecule has 2 aliphatic rings. The van der Waals surface area contributed by atoms with Crippen molar-refractivity contribution in [1.82, 2.24) is 0 Å². The fourth-order valence-corrected chi connectivity index (χ4v) is 14.8. The summed E-state index contributed by atoms with van der Waals surface area (Å²) in [5.41, 5.74) is 36.7. The van der Waals surface area contributed by atoms with Gasteiger partial charge in [-0.15, -0.1) is 0 Å². The standard InChI is InChI=1S/C80H80N4/c1-47-25-17-26-48(2)73(47)81(74-49(3)27-18-28-50(74)4)67-45-68(82(75-51(5)29-19-30-52(75)6)76-53(7)31-20-32-54(76)8)64-43-44-66-70(84(79-59(13)37-23-38-60(79)14)80-61(15)39-24-40-62(80)16)46-69(65-42-41-63(67)71(64)72(65)66)83(77-55(9)33-21-34-56(77)10)78-57(11)35-22-36-58(78)12/h17-46,63,67H,1-16H3. The van der Waals surface area contributed by atoms with Crippen LogP contribution in [0.4, 0.5) is 56.9 Å². The Bertz CT molecular complexity index is 4010. The van der Waals surface area contributed by atoms with E-state index < -0.39 is 0 Å². The number of hydrogen-bond donors (Lipinski definition) is 0. The topological polar surface area (TPSA) is 13.0 Å². The summed E-state index contributed by atoms with van der Waals surface area (Å²) >= 11 is 0. The average molecular weight is 1100 g/mol. The monoisotopic (exact) mass is 1100 g/mol. The lowest BCUT2D eigenvalue weighted by Crippen LogP contribution is -2.40. The lowest BCUT2D eigenvalue weighted by molar-refractivity contribution is 0.685. The molecule has 2 atom stereocenters. The summed E-state index contributed by atoms with van der Waals surface area (Å²) in [7, 11) is 0. The van der Waals surface area contributed by atoms with Crippen molar-refractivity contribution in [3.63, 3.8) is 0 Å². The number of para-hydroxylation sites is 8. The van der Waals surface area contributed by atoms with Gasteiger partial charge in [0.25, 0.3) is 0 Å². The quantitative estimate of drug-likeness (QED) is 0.121. The molecule has 0 fully saturated rings. The molecule has 0 saturated heterocycles. The molecular weight excluding hydrogens is 1020 g/mol. The van der Waals surface area contributed by atoms with Crippen LogP contribution in [0.1, 0.15) is 112 Å². The SMILES string of the molecule is Cc1cccc(C)c1N(C1=CC(N(c2c(C)cccc2C)c2c(C)cccc2C)C2C=Cc3c(N(c4c(C)cccc4C)c4c(C)cccc4C)cc(N(c4c(C)cccc4C)c4c(C)cccc4C)c4ccc1c2c34)c1c(C)cccc1C. The van der Waals surface area contributed by atoms with Crippen molar-refractivity contribution < 1.29 is 0 Å². The Hall–Kier alpha value is -8.86. The molecule has 0 radical (unpaired) electrons. The molecule has 420 valence electrons. The molecule has 0 aliphatic heterocycles. The molecule has 84 heavy (non-hydrogen) atoms. The molecule has 0 N–H and O–H groups in total. The number of benzene rings is 10. The lowest BCUT2D eigenvalue weighted by atomic mass is 9.73. The minimum absolute atomic E-state index is 0.0958. The Kier molecular flexibility index (Phi) is 14.4. The zero-order valence-corrected chi connectivity index (χ0v) is 52.3. The van der Waals surface area contributed by atoms with Crippen LogP contribution in [-0.4, -0.2) is 6.04 Å². The van der Waals surface area contributed by atoms with E-state index in [-0.39, 0.29) is 12.0 Å². The second kappa shape index (κ2) is 21.7. The summed E-state index contributed by atoms with van der Waals surface area (Å²) in [6.45, 7) is 36.7. The molecule has 0 bridgehead atoms. The molecule has 0 amide bonds. The minimum atomic E-state index is -0.188. The van der Waals surface area contributed by atoms with Gasteiger partial charge in [-0.05, 0) is 223 Å². The predicted octanol–water partition coefficient (Wildman–Crippen LogP) is 22.2. The van der Waals surface area contributed by atoms with Crippen LogP contribution in [0.15, 0.2) is 176 Å². The van der Waals surface area contributed by atoms with Crippen molar-refractivity contribution >= 4 is 79.4 Å². The number of nitrogens with zero attached hydrogens (tertiary/aromatic N) is 4. The van der Waals surface area contributed by atoms with Gasteiger partial charge in [-0.25, -0.2) is 0 Å². The first-order valence-corrected chi connectivity index (χ1v) is 30.1. The number of anilines is 10. The van der Waals surface area contributed by atoms with Gasteiger partial charge < -0.3 is 19.6 Å². The highest BCUT2D eigenvalue weighted by atomic mass is 15.2. The van der Waals surface area contributed by atoms with Crippen LogP contribution in [0, 0.1) is 111 Å². The van der Waals surface area contributed by atoms with Gasteiger partial charge in [-0.3, -0.25) is 0 Å². The molecule has 0 heterocycles. The molecule has 10 aromatic rings. The first-order chi connectivity index (χ1) is 40.4. The van der Waals surface area contributed by atoms with Crippen molar-refractivity contribution in [3.8, 4) is 0 Å². The number of hydrogen-bond acceptors (Lipinski definition) is 4. The second-order valence-electron chi connectivity index (χ2n) is 24.5. The van der Waals surface area contributed by atoms with Crippen LogP contribution in [-0.2, 0) is 0 Å². The molecule has 4 nitrogen and oxygen atoms in total. The third-order valence-electron chi connectivity index (χ3n) is 18.5. The fourth-order valence-electron chi connectivity index (χ4n) is 14.8. The fraction of sp³-hybridized carbons (Fsp3) is 0.225. The summed E-state index contributed by atoms with van der Waals surface area (Å²) < 4.78 is 0. The zero-order chi connectivity index (χ0) is 59.2. The Morgan fingerprint density at radius 1 is 0.298 bits per heavy atom. The number of aryl methyl sites for hydroxylation is 16. The van der Waals surface area contributed by atoms with Gasteiger partial charge in [-0.2, -0.15) is 0 Å². The van der Waals surface area contributed by atoms with Crippen LogP contribution in [0.25, 0.3) is 22.5 Å². The molecular formula is C80H80N4. The van der Waals surface area contributed by atoms with Crippen LogP contribution in [0.5, 0.6) is 0 Å². The maximum Gasteiger partial charge on any atom is 0.0649 e. The molecule has 12 rings (SSSR count). The average Bonchev–Trinajstić information content (AvgIpc) is 3.09. The number of rotatable bonds is 12. The normalized spacial score (nSPS) is 14.2. The highest BCUT2D eigenvalue weighted by Gasteiger charge is 2.42. The molecule has 0 saturated carbocycles. The zero-order valence-electron chi connectivity index (χ0n) is 52.3. The molecule has 0 aromatic heterocycles. The first-order valence-electron chi connectivity index (χ1n) is 30.1. The van der Waals surface area contributed by atoms with E-state index in [0.29, 0.717) is 0 Å². The van der Waals surface area contributed by atoms with Gasteiger partial charge in [0.1, 0.15) is 0 Å². The van der Waals surface area contributed by atoms with Gasteiger partial charge in [0.05, 0.1) is 57.2 Å². The van der Waals surface area contributed by atoms with E-state index in [2.05, 4.69) is 312 Å². The van der Waals surface area contributed by atoms with Crippen LogP contribution >= 0.6 is 0 Å². The van der Waals surface area contributed by atoms with Gasteiger partial charge in [0, 0.05) is 33.8 Å². The maximum atomic E-state index is 2.74. The molecule has 4 heteroatoms. The smallest absolute Gasteiger partial charge is 0.0649 e. The van der Waals surface area contributed by atoms with Crippen LogP contribution in [0.3, 0.4) is 0 Å². The third-order valence-corrected chi connectivity index (χ3v) is 18.5. The Morgan fingerprint density at radius 3 is 0.905 bits per heavy atom. The van der Waals surface area contributed by atoms with E-state index in [1.54, 1.807) is 0 Å². The molecule has 10 aromatic carbocycles. The van der Waals surface area contributed by atoms with Crippen LogP contribution < -0.4 is 19.6 Å².